The number of nitrogens with zero attached hydrogens (tertiary/aromatic N) is 3. The summed E-state index contributed by atoms with van der Waals surface area (Å²) in [5.41, 5.74) is -0.544. The maximum Gasteiger partial charge on any atom is 0.282 e. The van der Waals surface area contributed by atoms with E-state index in [2.05, 4.69) is 0 Å². The second-order valence-corrected chi connectivity index (χ2v) is 4.33. The predicted octanol–water partition coefficient (Wildman–Crippen LogP) is 1.92. The molecule has 1 unspecified atom stereocenters. The van der Waals surface area contributed by atoms with Crippen molar-refractivity contribution >= 4 is 11.6 Å². The van der Waals surface area contributed by atoms with Crippen LogP contribution in [0.3, 0.4) is 0 Å². The van der Waals surface area contributed by atoms with Crippen LogP contribution < -0.4 is 0 Å². The van der Waals surface area contributed by atoms with Gasteiger partial charge in [-0.05, 0) is 26.0 Å². The lowest BCUT2D eigenvalue weighted by Gasteiger charge is -2.21. The van der Waals surface area contributed by atoms with Crippen molar-refractivity contribution in [2.24, 2.45) is 5.92 Å². The molecule has 0 aliphatic heterocycles. The van der Waals surface area contributed by atoms with Crippen molar-refractivity contribution in [3.63, 3.8) is 0 Å². The SMILES string of the molecule is CCN(CC(C)C#N)C(=O)c1cc(O)ccc1[N+](=O)[O-]. The average Bonchev–Trinajstić information content (AvgIpc) is 2.43. The van der Waals surface area contributed by atoms with Gasteiger partial charge in [-0.3, -0.25) is 14.9 Å². The van der Waals surface area contributed by atoms with Crippen molar-refractivity contribution in [2.75, 3.05) is 13.1 Å². The standard InChI is InChI=1S/C13H15N3O4/c1-3-15(8-9(2)7-14)13(18)11-6-10(17)4-5-12(11)16(19)20/h4-6,9,17H,3,8H2,1-2H3. The van der Waals surface area contributed by atoms with Crippen LogP contribution in [0.1, 0.15) is 24.2 Å². The molecule has 0 radical (unpaired) electrons. The molecule has 1 N–H and O–H groups in total. The molecule has 7 heteroatoms. The molecule has 0 heterocycles. The zero-order chi connectivity index (χ0) is 15.3. The highest BCUT2D eigenvalue weighted by atomic mass is 16.6. The summed E-state index contributed by atoms with van der Waals surface area (Å²) in [5.74, 6) is -1.17. The lowest BCUT2D eigenvalue weighted by Crippen LogP contribution is -2.34. The highest BCUT2D eigenvalue weighted by Crippen LogP contribution is 2.24. The van der Waals surface area contributed by atoms with Crippen molar-refractivity contribution in [2.45, 2.75) is 13.8 Å². The zero-order valence-corrected chi connectivity index (χ0v) is 11.2. The second kappa shape index (κ2) is 6.52. The molecule has 1 aromatic rings. The zero-order valence-electron chi connectivity index (χ0n) is 11.2. The van der Waals surface area contributed by atoms with Crippen molar-refractivity contribution in [1.82, 2.24) is 4.90 Å². The number of carbonyl (C=O) groups is 1. The largest absolute Gasteiger partial charge is 0.508 e. The van der Waals surface area contributed by atoms with Gasteiger partial charge in [0.25, 0.3) is 11.6 Å². The summed E-state index contributed by atoms with van der Waals surface area (Å²) < 4.78 is 0. The molecule has 0 spiro atoms. The Morgan fingerprint density at radius 2 is 2.25 bits per heavy atom. The van der Waals surface area contributed by atoms with E-state index in [4.69, 9.17) is 5.26 Å². The van der Waals surface area contributed by atoms with Crippen LogP contribution in [0.2, 0.25) is 0 Å². The summed E-state index contributed by atoms with van der Waals surface area (Å²) in [4.78, 5) is 23.9. The highest BCUT2D eigenvalue weighted by molar-refractivity contribution is 5.98. The van der Waals surface area contributed by atoms with Crippen LogP contribution in [0.25, 0.3) is 0 Å². The molecular formula is C13H15N3O4. The van der Waals surface area contributed by atoms with E-state index in [1.807, 2.05) is 6.07 Å². The van der Waals surface area contributed by atoms with Crippen molar-refractivity contribution in [1.29, 1.82) is 5.26 Å². The predicted molar refractivity (Wildman–Crippen MR) is 71.1 cm³/mol. The van der Waals surface area contributed by atoms with Crippen LogP contribution >= 0.6 is 0 Å². The third-order valence-electron chi connectivity index (χ3n) is 2.79. The molecule has 1 rings (SSSR count). The maximum atomic E-state index is 12.3. The number of amides is 1. The summed E-state index contributed by atoms with van der Waals surface area (Å²) >= 11 is 0. The van der Waals surface area contributed by atoms with E-state index in [0.29, 0.717) is 6.54 Å². The smallest absolute Gasteiger partial charge is 0.282 e. The molecule has 106 valence electrons. The lowest BCUT2D eigenvalue weighted by molar-refractivity contribution is -0.385. The minimum atomic E-state index is -0.672. The molecule has 0 saturated carbocycles. The number of nitro benzene ring substituents is 1. The first-order valence-corrected chi connectivity index (χ1v) is 6.07. The van der Waals surface area contributed by atoms with Gasteiger partial charge in [0.1, 0.15) is 11.3 Å². The molecule has 1 atom stereocenters. The Morgan fingerprint density at radius 3 is 2.75 bits per heavy atom. The molecule has 20 heavy (non-hydrogen) atoms. The van der Waals surface area contributed by atoms with Gasteiger partial charge in [-0.25, -0.2) is 0 Å². The first-order valence-electron chi connectivity index (χ1n) is 6.07. The van der Waals surface area contributed by atoms with Crippen LogP contribution in [0, 0.1) is 27.4 Å². The van der Waals surface area contributed by atoms with Gasteiger partial charge in [0.15, 0.2) is 0 Å². The van der Waals surface area contributed by atoms with Gasteiger partial charge >= 0.3 is 0 Å². The second-order valence-electron chi connectivity index (χ2n) is 4.33. The number of phenolic OH excluding ortho intramolecular Hbond substituents is 1. The topological polar surface area (TPSA) is 107 Å². The Labute approximate surface area is 116 Å². The summed E-state index contributed by atoms with van der Waals surface area (Å²) in [6, 6.07) is 5.32. The fraction of sp³-hybridized carbons (Fsp3) is 0.385. The van der Waals surface area contributed by atoms with E-state index < -0.39 is 10.8 Å². The van der Waals surface area contributed by atoms with Crippen LogP contribution in [0.15, 0.2) is 18.2 Å². The first-order chi connectivity index (χ1) is 9.40. The van der Waals surface area contributed by atoms with Gasteiger partial charge in [0.2, 0.25) is 0 Å². The Morgan fingerprint density at radius 1 is 1.60 bits per heavy atom. The molecule has 0 aliphatic carbocycles. The summed E-state index contributed by atoms with van der Waals surface area (Å²) in [6.07, 6.45) is 0. The number of hydrogen-bond acceptors (Lipinski definition) is 5. The van der Waals surface area contributed by atoms with E-state index in [9.17, 15) is 20.0 Å². The minimum absolute atomic E-state index is 0.179. The highest BCUT2D eigenvalue weighted by Gasteiger charge is 2.25. The average molecular weight is 277 g/mol. The number of phenols is 1. The van der Waals surface area contributed by atoms with Gasteiger partial charge in [-0.15, -0.1) is 0 Å². The number of nitriles is 1. The summed E-state index contributed by atoms with van der Waals surface area (Å²) in [7, 11) is 0. The van der Waals surface area contributed by atoms with E-state index in [0.717, 1.165) is 18.2 Å². The van der Waals surface area contributed by atoms with Gasteiger partial charge in [-0.1, -0.05) is 0 Å². The third kappa shape index (κ3) is 3.45. The third-order valence-corrected chi connectivity index (χ3v) is 2.79. The van der Waals surface area contributed by atoms with Crippen molar-refractivity contribution < 1.29 is 14.8 Å². The Hall–Kier alpha value is -2.62. The Kier molecular flexibility index (Phi) is 5.03. The molecule has 0 fully saturated rings. The molecule has 0 bridgehead atoms. The van der Waals surface area contributed by atoms with Gasteiger partial charge < -0.3 is 10.0 Å². The first kappa shape index (κ1) is 15.4. The van der Waals surface area contributed by atoms with Crippen LogP contribution in [0.5, 0.6) is 5.75 Å². The molecule has 0 aromatic heterocycles. The molecular weight excluding hydrogens is 262 g/mol. The molecule has 1 aromatic carbocycles. The van der Waals surface area contributed by atoms with Crippen molar-refractivity contribution in [3.05, 3.63) is 33.9 Å². The number of carbonyl (C=O) groups excluding carboxylic acids is 1. The molecule has 1 amide bonds. The van der Waals surface area contributed by atoms with Crippen molar-refractivity contribution in [3.8, 4) is 11.8 Å². The van der Waals surface area contributed by atoms with E-state index in [-0.39, 0.29) is 29.5 Å². The fourth-order valence-corrected chi connectivity index (χ4v) is 1.75. The minimum Gasteiger partial charge on any atom is -0.508 e. The number of aromatic hydroxyl groups is 1. The van der Waals surface area contributed by atoms with Crippen LogP contribution in [-0.4, -0.2) is 33.9 Å². The van der Waals surface area contributed by atoms with Gasteiger partial charge in [0, 0.05) is 19.2 Å². The van der Waals surface area contributed by atoms with Gasteiger partial charge in [0.05, 0.1) is 16.9 Å². The Bertz CT molecular complexity index is 565. The Balaban J connectivity index is 3.15. The summed E-state index contributed by atoms with van der Waals surface area (Å²) in [6.45, 7) is 3.87. The van der Waals surface area contributed by atoms with E-state index >= 15 is 0 Å². The van der Waals surface area contributed by atoms with Crippen LogP contribution in [-0.2, 0) is 0 Å². The van der Waals surface area contributed by atoms with Crippen LogP contribution in [0.4, 0.5) is 5.69 Å². The number of nitro groups is 1. The summed E-state index contributed by atoms with van der Waals surface area (Å²) in [5, 5.41) is 29.1. The number of rotatable bonds is 5. The van der Waals surface area contributed by atoms with E-state index in [1.54, 1.807) is 13.8 Å². The quantitative estimate of drug-likeness (QED) is 0.653. The maximum absolute atomic E-state index is 12.3. The normalized spacial score (nSPS) is 11.4. The number of benzene rings is 1. The van der Waals surface area contributed by atoms with E-state index in [1.165, 1.54) is 4.90 Å². The molecule has 7 nitrogen and oxygen atoms in total. The fourth-order valence-electron chi connectivity index (χ4n) is 1.75. The molecule has 0 saturated heterocycles. The molecule has 0 aliphatic rings. The monoisotopic (exact) mass is 277 g/mol. The van der Waals surface area contributed by atoms with Gasteiger partial charge in [-0.2, -0.15) is 5.26 Å². The lowest BCUT2D eigenvalue weighted by atomic mass is 10.1. The number of hydrogen-bond donors (Lipinski definition) is 1.